The summed E-state index contributed by atoms with van der Waals surface area (Å²) in [6.07, 6.45) is -0.452. The first kappa shape index (κ1) is 17.4. The lowest BCUT2D eigenvalue weighted by Crippen LogP contribution is -3.07. The molecular formula is C16H24N3O4+. The molecule has 0 amide bonds. The smallest absolute Gasteiger partial charge is 0.269 e. The van der Waals surface area contributed by atoms with Gasteiger partial charge in [0.15, 0.2) is 0 Å². The van der Waals surface area contributed by atoms with Crippen LogP contribution < -0.4 is 5.32 Å². The van der Waals surface area contributed by atoms with Crippen LogP contribution >= 0.6 is 0 Å². The molecule has 1 aromatic rings. The zero-order chi connectivity index (χ0) is 17.4. The molecule has 0 spiro atoms. The van der Waals surface area contributed by atoms with Crippen molar-refractivity contribution in [1.29, 1.82) is 0 Å². The second-order valence-corrected chi connectivity index (χ2v) is 7.50. The number of nitro groups is 1. The summed E-state index contributed by atoms with van der Waals surface area (Å²) in [4.78, 5) is 10.5. The maximum absolute atomic E-state index is 10.9. The Morgan fingerprint density at radius 2 is 2.04 bits per heavy atom. The van der Waals surface area contributed by atoms with E-state index in [0.29, 0.717) is 17.7 Å². The second kappa shape index (κ2) is 5.90. The van der Waals surface area contributed by atoms with Crippen LogP contribution in [0.3, 0.4) is 0 Å². The molecule has 1 saturated heterocycles. The normalized spacial score (nSPS) is 26.0. The Labute approximate surface area is 135 Å². The fourth-order valence-corrected chi connectivity index (χ4v) is 3.86. The van der Waals surface area contributed by atoms with Gasteiger partial charge < -0.3 is 15.6 Å². The van der Waals surface area contributed by atoms with Crippen molar-refractivity contribution >= 4 is 11.4 Å². The van der Waals surface area contributed by atoms with Gasteiger partial charge in [-0.1, -0.05) is 17.3 Å². The fourth-order valence-electron chi connectivity index (χ4n) is 3.86. The van der Waals surface area contributed by atoms with E-state index in [1.54, 1.807) is 12.1 Å². The molecule has 0 radical (unpaired) electrons. The van der Waals surface area contributed by atoms with E-state index in [9.17, 15) is 20.4 Å². The first-order valence-electron chi connectivity index (χ1n) is 7.58. The van der Waals surface area contributed by atoms with Gasteiger partial charge in [-0.05, 0) is 33.3 Å². The summed E-state index contributed by atoms with van der Waals surface area (Å²) in [5.41, 5.74) is 0.326. The van der Waals surface area contributed by atoms with Crippen LogP contribution in [0.2, 0.25) is 0 Å². The van der Waals surface area contributed by atoms with Gasteiger partial charge in [0.2, 0.25) is 0 Å². The van der Waals surface area contributed by atoms with Crippen molar-refractivity contribution in [3.63, 3.8) is 0 Å². The monoisotopic (exact) mass is 322 g/mol. The summed E-state index contributed by atoms with van der Waals surface area (Å²) in [6.45, 7) is 8.06. The van der Waals surface area contributed by atoms with Gasteiger partial charge in [-0.3, -0.25) is 10.1 Å². The molecule has 0 aromatic heterocycles. The van der Waals surface area contributed by atoms with Gasteiger partial charge in [-0.15, -0.1) is 0 Å². The molecule has 0 saturated carbocycles. The average Bonchev–Trinajstić information content (AvgIpc) is 2.43. The lowest BCUT2D eigenvalue weighted by atomic mass is 9.69. The molecule has 1 aromatic carbocycles. The molecule has 1 heterocycles. The molecule has 7 heteroatoms. The molecule has 2 atom stereocenters. The molecule has 1 aliphatic heterocycles. The summed E-state index contributed by atoms with van der Waals surface area (Å²) in [5, 5.41) is 36.8. The van der Waals surface area contributed by atoms with E-state index in [0.717, 1.165) is 0 Å². The van der Waals surface area contributed by atoms with Crippen LogP contribution in [0.25, 0.3) is 0 Å². The van der Waals surface area contributed by atoms with E-state index in [1.807, 2.05) is 13.8 Å². The van der Waals surface area contributed by atoms with Crippen LogP contribution in [-0.4, -0.2) is 32.0 Å². The van der Waals surface area contributed by atoms with Crippen LogP contribution in [-0.2, 0) is 0 Å². The average molecular weight is 322 g/mol. The maximum atomic E-state index is 10.9. The minimum atomic E-state index is -0.983. The number of rotatable bonds is 3. The van der Waals surface area contributed by atoms with Crippen molar-refractivity contribution in [2.45, 2.75) is 51.3 Å². The first-order chi connectivity index (χ1) is 10.6. The lowest BCUT2D eigenvalue weighted by molar-refractivity contribution is -0.787. The Morgan fingerprint density at radius 1 is 1.39 bits per heavy atom. The van der Waals surface area contributed by atoms with E-state index in [-0.39, 0.29) is 11.2 Å². The van der Waals surface area contributed by atoms with Gasteiger partial charge >= 0.3 is 0 Å². The van der Waals surface area contributed by atoms with Gasteiger partial charge in [-0.2, -0.15) is 0 Å². The highest BCUT2D eigenvalue weighted by Gasteiger charge is 2.51. The Kier molecular flexibility index (Phi) is 4.45. The minimum Gasteiger partial charge on any atom is -0.411 e. The Morgan fingerprint density at radius 3 is 2.61 bits per heavy atom. The van der Waals surface area contributed by atoms with Crippen molar-refractivity contribution in [2.75, 3.05) is 0 Å². The zero-order valence-corrected chi connectivity index (χ0v) is 13.9. The molecule has 23 heavy (non-hydrogen) atoms. The third-order valence-electron chi connectivity index (χ3n) is 4.43. The SMILES string of the molecule is CC1(C)C/C(=N/O)[C@@H]([C@@H](O)c2cccc([N+](=O)[O-])c2)C(C)(C)[NH2+]1. The predicted octanol–water partition coefficient (Wildman–Crippen LogP) is 1.60. The number of piperidine rings is 1. The standard InChI is InChI=1S/C16H23N3O4/c1-15(2)9-12(17-21)13(16(3,4)18-15)14(20)10-6-5-7-11(8-10)19(22)23/h5-8,13-14,18,20-21H,9H2,1-4H3/p+1/b17-12-/t13-,14-/m0/s1. The molecule has 7 nitrogen and oxygen atoms in total. The molecular weight excluding hydrogens is 298 g/mol. The fraction of sp³-hybridized carbons (Fsp3) is 0.562. The van der Waals surface area contributed by atoms with Crippen LogP contribution in [0, 0.1) is 16.0 Å². The summed E-state index contributed by atoms with van der Waals surface area (Å²) in [6, 6.07) is 5.96. The number of aliphatic hydroxyl groups is 1. The van der Waals surface area contributed by atoms with Gasteiger partial charge in [-0.25, -0.2) is 0 Å². The second-order valence-electron chi connectivity index (χ2n) is 7.50. The maximum Gasteiger partial charge on any atom is 0.269 e. The summed E-state index contributed by atoms with van der Waals surface area (Å²) in [5.74, 6) is -0.442. The molecule has 1 fully saturated rings. The van der Waals surface area contributed by atoms with Gasteiger partial charge in [0.25, 0.3) is 5.69 Å². The minimum absolute atomic E-state index is 0.0676. The van der Waals surface area contributed by atoms with E-state index in [4.69, 9.17) is 0 Å². The van der Waals surface area contributed by atoms with Crippen LogP contribution in [0.5, 0.6) is 0 Å². The molecule has 0 bridgehead atoms. The largest absolute Gasteiger partial charge is 0.411 e. The molecule has 0 aliphatic carbocycles. The Hall–Kier alpha value is -1.99. The molecule has 0 unspecified atom stereocenters. The lowest BCUT2D eigenvalue weighted by Gasteiger charge is -2.46. The molecule has 1 aliphatic rings. The number of oxime groups is 1. The number of aliphatic hydroxyl groups excluding tert-OH is 1. The number of quaternary nitrogens is 1. The van der Waals surface area contributed by atoms with E-state index < -0.39 is 22.5 Å². The van der Waals surface area contributed by atoms with Crippen molar-refractivity contribution in [2.24, 2.45) is 11.1 Å². The van der Waals surface area contributed by atoms with Crippen molar-refractivity contribution in [3.8, 4) is 0 Å². The molecule has 126 valence electrons. The van der Waals surface area contributed by atoms with E-state index in [1.165, 1.54) is 12.1 Å². The molecule has 2 rings (SSSR count). The van der Waals surface area contributed by atoms with Crippen molar-refractivity contribution in [3.05, 3.63) is 39.9 Å². The number of hydrogen-bond donors (Lipinski definition) is 3. The number of benzene rings is 1. The third kappa shape index (κ3) is 3.51. The highest BCUT2D eigenvalue weighted by molar-refractivity contribution is 5.89. The number of hydrogen-bond acceptors (Lipinski definition) is 5. The quantitative estimate of drug-likeness (QED) is 0.445. The van der Waals surface area contributed by atoms with E-state index >= 15 is 0 Å². The summed E-state index contributed by atoms with van der Waals surface area (Å²) >= 11 is 0. The van der Waals surface area contributed by atoms with Crippen molar-refractivity contribution < 1.29 is 20.6 Å². The summed E-state index contributed by atoms with van der Waals surface area (Å²) in [7, 11) is 0. The Bertz CT molecular complexity index is 640. The zero-order valence-electron chi connectivity index (χ0n) is 13.9. The van der Waals surface area contributed by atoms with Crippen LogP contribution in [0.4, 0.5) is 5.69 Å². The molecule has 4 N–H and O–H groups in total. The highest BCUT2D eigenvalue weighted by Crippen LogP contribution is 2.36. The number of nitrogens with zero attached hydrogens (tertiary/aromatic N) is 2. The number of nitro benzene ring substituents is 1. The summed E-state index contributed by atoms with van der Waals surface area (Å²) < 4.78 is 0. The van der Waals surface area contributed by atoms with Gasteiger partial charge in [0, 0.05) is 18.6 Å². The van der Waals surface area contributed by atoms with Gasteiger partial charge in [0.1, 0.15) is 5.54 Å². The Balaban J connectivity index is 2.42. The highest BCUT2D eigenvalue weighted by atomic mass is 16.6. The van der Waals surface area contributed by atoms with Crippen LogP contribution in [0.15, 0.2) is 29.4 Å². The number of non-ortho nitro benzene ring substituents is 1. The predicted molar refractivity (Wildman–Crippen MR) is 85.5 cm³/mol. The van der Waals surface area contributed by atoms with Gasteiger partial charge in [0.05, 0.1) is 28.2 Å². The first-order valence-corrected chi connectivity index (χ1v) is 7.58. The topological polar surface area (TPSA) is 113 Å². The van der Waals surface area contributed by atoms with Crippen molar-refractivity contribution in [1.82, 2.24) is 0 Å². The number of nitrogens with two attached hydrogens (primary N) is 1. The van der Waals surface area contributed by atoms with Crippen LogP contribution in [0.1, 0.15) is 45.8 Å². The third-order valence-corrected chi connectivity index (χ3v) is 4.43. The van der Waals surface area contributed by atoms with E-state index in [2.05, 4.69) is 24.3 Å².